The number of carbonyl (C=O) groups is 3. The van der Waals surface area contributed by atoms with E-state index in [1.807, 2.05) is 0 Å². The molecule has 2 N–H and O–H groups in total. The van der Waals surface area contributed by atoms with Gasteiger partial charge in [0.15, 0.2) is 5.76 Å². The second-order valence-corrected chi connectivity index (χ2v) is 11.7. The first-order chi connectivity index (χ1) is 20.8. The van der Waals surface area contributed by atoms with Crippen molar-refractivity contribution in [2.75, 3.05) is 31.3 Å². The number of aryl methyl sites for hydroxylation is 1. The molecule has 4 rings (SSSR count). The molecule has 220 valence electrons. The summed E-state index contributed by atoms with van der Waals surface area (Å²) < 4.78 is 27.9. The number of aromatic nitrogens is 1. The number of rotatable bonds is 10. The molecule has 0 spiro atoms. The second kappa shape index (κ2) is 14.7. The lowest BCUT2D eigenvalue weighted by Gasteiger charge is -2.11. The molecule has 4 aromatic rings. The van der Waals surface area contributed by atoms with Crippen LogP contribution in [0.2, 0.25) is 0 Å². The van der Waals surface area contributed by atoms with Gasteiger partial charge < -0.3 is 19.8 Å². The summed E-state index contributed by atoms with van der Waals surface area (Å²) in [6.07, 6.45) is 4.73. The second-order valence-electron chi connectivity index (χ2n) is 9.34. The molecule has 0 unspecified atom stereocenters. The summed E-state index contributed by atoms with van der Waals surface area (Å²) in [7, 11) is -1.81. The van der Waals surface area contributed by atoms with Crippen LogP contribution in [0, 0.1) is 18.8 Å². The van der Waals surface area contributed by atoms with Gasteiger partial charge in [-0.25, -0.2) is 4.21 Å². The predicted molar refractivity (Wildman–Crippen MR) is 162 cm³/mol. The maximum atomic E-state index is 13.9. The van der Waals surface area contributed by atoms with E-state index in [4.69, 9.17) is 4.42 Å². The highest BCUT2D eigenvalue weighted by Crippen LogP contribution is 2.18. The van der Waals surface area contributed by atoms with Crippen LogP contribution in [0.5, 0.6) is 0 Å². The minimum atomic E-state index is -3.11. The lowest BCUT2D eigenvalue weighted by Crippen LogP contribution is -2.26. The fourth-order valence-electron chi connectivity index (χ4n) is 3.93. The molecular formula is C32H30N4O6S. The minimum absolute atomic E-state index is 0.0299. The fourth-order valence-corrected chi connectivity index (χ4v) is 5.85. The molecular weight excluding hydrogens is 568 g/mol. The molecule has 0 bridgehead atoms. The summed E-state index contributed by atoms with van der Waals surface area (Å²) in [6.45, 7) is 2.21. The van der Waals surface area contributed by atoms with Gasteiger partial charge in [0.1, 0.15) is 0 Å². The monoisotopic (exact) mass is 598 g/mol. The van der Waals surface area contributed by atoms with Crippen molar-refractivity contribution in [2.45, 2.75) is 18.2 Å². The highest BCUT2D eigenvalue weighted by Gasteiger charge is 2.17. The van der Waals surface area contributed by atoms with Crippen LogP contribution in [0.15, 0.2) is 99.1 Å². The third kappa shape index (κ3) is 8.72. The zero-order chi connectivity index (χ0) is 30.7. The van der Waals surface area contributed by atoms with Crippen LogP contribution in [-0.2, 0) is 19.3 Å². The number of hydrogen-bond acceptors (Lipinski definition) is 8. The molecule has 0 aliphatic heterocycles. The minimum Gasteiger partial charge on any atom is -0.468 e. The summed E-state index contributed by atoms with van der Waals surface area (Å²) in [5.41, 5.74) is 2.51. The largest absolute Gasteiger partial charge is 0.468 e. The number of hydrogen-bond donors (Lipinski definition) is 2. The molecule has 2 aromatic heterocycles. The fraction of sp³-hybridized carbons (Fsp3) is 0.188. The van der Waals surface area contributed by atoms with Crippen molar-refractivity contribution >= 4 is 33.2 Å². The van der Waals surface area contributed by atoms with Crippen LogP contribution >= 0.6 is 0 Å². The van der Waals surface area contributed by atoms with Crippen LogP contribution in [0.3, 0.4) is 0 Å². The molecule has 2 amide bonds. The Kier molecular flexibility index (Phi) is 10.6. The number of pyridine rings is 1. The Labute approximate surface area is 250 Å². The van der Waals surface area contributed by atoms with Crippen molar-refractivity contribution in [1.29, 1.82) is 0 Å². The number of ether oxygens (including phenoxy) is 1. The number of nitrogens with one attached hydrogen (secondary N) is 2. The van der Waals surface area contributed by atoms with Crippen LogP contribution < -0.4 is 10.6 Å². The van der Waals surface area contributed by atoms with Crippen molar-refractivity contribution in [2.24, 2.45) is 4.36 Å². The summed E-state index contributed by atoms with van der Waals surface area (Å²) in [4.78, 5) is 41.5. The van der Waals surface area contributed by atoms with Gasteiger partial charge in [-0.1, -0.05) is 36.1 Å². The Bertz CT molecular complexity index is 1800. The van der Waals surface area contributed by atoms with Crippen LogP contribution in [0.4, 0.5) is 5.69 Å². The van der Waals surface area contributed by atoms with E-state index in [2.05, 4.69) is 36.6 Å². The molecule has 0 fully saturated rings. The molecule has 0 aliphatic rings. The van der Waals surface area contributed by atoms with Gasteiger partial charge in [0.2, 0.25) is 0 Å². The number of carbonyl (C=O) groups excluding carboxylic acids is 3. The zero-order valence-corrected chi connectivity index (χ0v) is 24.5. The third-order valence-electron chi connectivity index (χ3n) is 6.14. The molecule has 43 heavy (non-hydrogen) atoms. The van der Waals surface area contributed by atoms with Gasteiger partial charge in [-0.15, -0.1) is 0 Å². The summed E-state index contributed by atoms with van der Waals surface area (Å²) in [6, 6.07) is 18.9. The lowest BCUT2D eigenvalue weighted by atomic mass is 10.1. The van der Waals surface area contributed by atoms with E-state index in [1.165, 1.54) is 25.8 Å². The molecule has 1 atom stereocenters. The highest BCUT2D eigenvalue weighted by atomic mass is 32.2. The SMILES string of the molecule is COC(=O)CNCCC[S@@](=O)(=NC(=O)c1cncc(C#Cc2cccc(NC(=O)c3occc3C)c2)c1)c1ccccc1. The molecule has 2 aromatic carbocycles. The van der Waals surface area contributed by atoms with Gasteiger partial charge in [0, 0.05) is 45.4 Å². The maximum Gasteiger partial charge on any atom is 0.319 e. The van der Waals surface area contributed by atoms with E-state index >= 15 is 0 Å². The van der Waals surface area contributed by atoms with E-state index in [9.17, 15) is 18.6 Å². The average Bonchev–Trinajstić information content (AvgIpc) is 3.46. The van der Waals surface area contributed by atoms with Gasteiger partial charge in [-0.05, 0) is 62.4 Å². The number of nitrogens with zero attached hydrogens (tertiary/aromatic N) is 2. The van der Waals surface area contributed by atoms with Gasteiger partial charge in [0.25, 0.3) is 11.8 Å². The summed E-state index contributed by atoms with van der Waals surface area (Å²) >= 11 is 0. The van der Waals surface area contributed by atoms with Crippen LogP contribution in [-0.4, -0.2) is 52.9 Å². The normalized spacial score (nSPS) is 11.9. The predicted octanol–water partition coefficient (Wildman–Crippen LogP) is 4.46. The number of anilines is 1. The van der Waals surface area contributed by atoms with E-state index in [-0.39, 0.29) is 29.5 Å². The summed E-state index contributed by atoms with van der Waals surface area (Å²) in [5, 5.41) is 5.71. The Morgan fingerprint density at radius 1 is 1.00 bits per heavy atom. The van der Waals surface area contributed by atoms with Gasteiger partial charge >= 0.3 is 5.97 Å². The molecule has 0 saturated carbocycles. The number of benzene rings is 2. The Hall–Kier alpha value is -5.05. The number of amides is 2. The molecule has 2 heterocycles. The number of methoxy groups -OCH3 is 1. The van der Waals surface area contributed by atoms with E-state index < -0.39 is 21.6 Å². The smallest absolute Gasteiger partial charge is 0.319 e. The van der Waals surface area contributed by atoms with Crippen molar-refractivity contribution in [3.05, 3.63) is 113 Å². The van der Waals surface area contributed by atoms with Crippen molar-refractivity contribution in [1.82, 2.24) is 10.3 Å². The van der Waals surface area contributed by atoms with E-state index in [1.54, 1.807) is 73.7 Å². The topological polar surface area (TPSA) is 140 Å². The van der Waals surface area contributed by atoms with Crippen molar-refractivity contribution < 1.29 is 27.7 Å². The van der Waals surface area contributed by atoms with Gasteiger partial charge in [0.05, 0.1) is 35.2 Å². The first-order valence-electron chi connectivity index (χ1n) is 13.3. The lowest BCUT2D eigenvalue weighted by molar-refractivity contribution is -0.139. The van der Waals surface area contributed by atoms with Crippen LogP contribution in [0.25, 0.3) is 0 Å². The Morgan fingerprint density at radius 2 is 1.79 bits per heavy atom. The number of esters is 1. The van der Waals surface area contributed by atoms with E-state index in [0.717, 1.165) is 5.56 Å². The van der Waals surface area contributed by atoms with Crippen LogP contribution in [0.1, 0.15) is 44.0 Å². The first-order valence-corrected chi connectivity index (χ1v) is 15.0. The molecule has 0 radical (unpaired) electrons. The van der Waals surface area contributed by atoms with Gasteiger partial charge in [-0.3, -0.25) is 19.4 Å². The molecule has 11 heteroatoms. The summed E-state index contributed by atoms with van der Waals surface area (Å²) in [5.74, 6) is 4.89. The van der Waals surface area contributed by atoms with Crippen molar-refractivity contribution in [3.63, 3.8) is 0 Å². The third-order valence-corrected chi connectivity index (χ3v) is 8.45. The van der Waals surface area contributed by atoms with Crippen molar-refractivity contribution in [3.8, 4) is 11.8 Å². The maximum absolute atomic E-state index is 13.9. The molecule has 0 aliphatic carbocycles. The molecule has 0 saturated heterocycles. The average molecular weight is 599 g/mol. The highest BCUT2D eigenvalue weighted by molar-refractivity contribution is 7.94. The Morgan fingerprint density at radius 3 is 2.53 bits per heavy atom. The number of furan rings is 1. The van der Waals surface area contributed by atoms with Gasteiger partial charge in [-0.2, -0.15) is 4.36 Å². The quantitative estimate of drug-likeness (QED) is 0.155. The first kappa shape index (κ1) is 30.9. The molecule has 10 nitrogen and oxygen atoms in total. The zero-order valence-electron chi connectivity index (χ0n) is 23.7. The Balaban J connectivity index is 1.50. The van der Waals surface area contributed by atoms with E-state index in [0.29, 0.717) is 34.7 Å². The standard InChI is InChI=1S/C32H30N4O6S/c1-23-14-16-42-30(23)32(39)35-27-9-6-8-24(19-27)12-13-25-18-26(21-34-20-25)31(38)36-43(40,28-10-4-3-5-11-28)17-7-15-33-22-29(37)41-2/h3-6,8-11,14,16,18-21,33H,7,15,17,22H2,1-2H3,(H,35,39)/t43-/m0/s1.